The van der Waals surface area contributed by atoms with Crippen LogP contribution < -0.4 is 0 Å². The number of thioether (sulfide) groups is 1. The monoisotopic (exact) mass is 216 g/mol. The van der Waals surface area contributed by atoms with Crippen LogP contribution in [0.3, 0.4) is 0 Å². The summed E-state index contributed by atoms with van der Waals surface area (Å²) >= 11 is 1.43. The standard InChI is InChI=1S/C10H10F2OS/c1-2-14-6-10(13)7-3-8(11)5-9(12)4-7/h3-5H,2,6H2,1H3. The molecule has 0 spiro atoms. The van der Waals surface area contributed by atoms with Crippen molar-refractivity contribution in [1.29, 1.82) is 0 Å². The van der Waals surface area contributed by atoms with E-state index in [0.717, 1.165) is 24.0 Å². The number of benzene rings is 1. The molecule has 0 saturated heterocycles. The Morgan fingerprint density at radius 3 is 2.36 bits per heavy atom. The van der Waals surface area contributed by atoms with E-state index >= 15 is 0 Å². The van der Waals surface area contributed by atoms with Crippen LogP contribution in [0.4, 0.5) is 8.78 Å². The molecule has 4 heteroatoms. The summed E-state index contributed by atoms with van der Waals surface area (Å²) in [6.45, 7) is 1.92. The average molecular weight is 216 g/mol. The van der Waals surface area contributed by atoms with Crippen molar-refractivity contribution in [3.8, 4) is 0 Å². The van der Waals surface area contributed by atoms with Gasteiger partial charge in [0, 0.05) is 11.6 Å². The average Bonchev–Trinajstić information content (AvgIpc) is 2.12. The molecule has 14 heavy (non-hydrogen) atoms. The summed E-state index contributed by atoms with van der Waals surface area (Å²) in [5, 5.41) is 0. The Bertz CT molecular complexity index is 319. The second-order valence-electron chi connectivity index (χ2n) is 2.72. The molecule has 0 aliphatic heterocycles. The van der Waals surface area contributed by atoms with Gasteiger partial charge in [-0.1, -0.05) is 6.92 Å². The summed E-state index contributed by atoms with van der Waals surface area (Å²) in [6.07, 6.45) is 0. The third-order valence-corrected chi connectivity index (χ3v) is 2.50. The van der Waals surface area contributed by atoms with Gasteiger partial charge < -0.3 is 0 Å². The van der Waals surface area contributed by atoms with Crippen LogP contribution in [0, 0.1) is 11.6 Å². The zero-order chi connectivity index (χ0) is 10.6. The lowest BCUT2D eigenvalue weighted by Crippen LogP contribution is -2.03. The zero-order valence-corrected chi connectivity index (χ0v) is 8.54. The topological polar surface area (TPSA) is 17.1 Å². The molecular formula is C10H10F2OS. The summed E-state index contributed by atoms with van der Waals surface area (Å²) < 4.78 is 25.4. The number of ketones is 1. The van der Waals surface area contributed by atoms with Gasteiger partial charge >= 0.3 is 0 Å². The molecule has 1 rings (SSSR count). The Kier molecular flexibility index (Phi) is 4.07. The molecule has 0 amide bonds. The van der Waals surface area contributed by atoms with Crippen LogP contribution >= 0.6 is 11.8 Å². The second kappa shape index (κ2) is 5.10. The molecule has 0 N–H and O–H groups in total. The van der Waals surface area contributed by atoms with Gasteiger partial charge in [0.1, 0.15) is 11.6 Å². The van der Waals surface area contributed by atoms with Crippen molar-refractivity contribution in [2.45, 2.75) is 6.92 Å². The summed E-state index contributed by atoms with van der Waals surface area (Å²) in [6, 6.07) is 2.87. The van der Waals surface area contributed by atoms with Crippen molar-refractivity contribution in [2.24, 2.45) is 0 Å². The highest BCUT2D eigenvalue weighted by atomic mass is 32.2. The second-order valence-corrected chi connectivity index (χ2v) is 3.99. The molecule has 0 aliphatic carbocycles. The summed E-state index contributed by atoms with van der Waals surface area (Å²) in [7, 11) is 0. The van der Waals surface area contributed by atoms with Crippen LogP contribution in [-0.4, -0.2) is 17.3 Å². The van der Waals surface area contributed by atoms with Crippen LogP contribution in [0.25, 0.3) is 0 Å². The van der Waals surface area contributed by atoms with E-state index in [0.29, 0.717) is 0 Å². The molecule has 0 atom stereocenters. The Balaban J connectivity index is 2.79. The fraction of sp³-hybridized carbons (Fsp3) is 0.300. The highest BCUT2D eigenvalue weighted by Gasteiger charge is 2.08. The SMILES string of the molecule is CCSCC(=O)c1cc(F)cc(F)c1. The lowest BCUT2D eigenvalue weighted by atomic mass is 10.1. The number of carbonyl (C=O) groups excluding carboxylic acids is 1. The predicted octanol–water partition coefficient (Wildman–Crippen LogP) is 2.90. The van der Waals surface area contributed by atoms with Crippen molar-refractivity contribution in [3.63, 3.8) is 0 Å². The number of halogens is 2. The third kappa shape index (κ3) is 3.10. The number of rotatable bonds is 4. The fourth-order valence-corrected chi connectivity index (χ4v) is 1.55. The minimum atomic E-state index is -0.713. The van der Waals surface area contributed by atoms with Gasteiger partial charge in [0.2, 0.25) is 0 Å². The molecule has 1 nitrogen and oxygen atoms in total. The van der Waals surface area contributed by atoms with E-state index in [1.54, 1.807) is 0 Å². The van der Waals surface area contributed by atoms with Gasteiger partial charge in [-0.3, -0.25) is 4.79 Å². The molecule has 0 aromatic heterocycles. The first-order valence-electron chi connectivity index (χ1n) is 4.20. The molecule has 0 unspecified atom stereocenters. The van der Waals surface area contributed by atoms with Crippen molar-refractivity contribution in [2.75, 3.05) is 11.5 Å². The van der Waals surface area contributed by atoms with Crippen molar-refractivity contribution in [3.05, 3.63) is 35.4 Å². The normalized spacial score (nSPS) is 10.2. The number of hydrogen-bond acceptors (Lipinski definition) is 2. The molecule has 0 aliphatic rings. The predicted molar refractivity (Wildman–Crippen MR) is 53.7 cm³/mol. The van der Waals surface area contributed by atoms with Crippen LogP contribution in [-0.2, 0) is 0 Å². The summed E-state index contributed by atoms with van der Waals surface area (Å²) in [4.78, 5) is 11.4. The van der Waals surface area contributed by atoms with Crippen LogP contribution in [0.15, 0.2) is 18.2 Å². The summed E-state index contributed by atoms with van der Waals surface area (Å²) in [5.41, 5.74) is 0.100. The first-order valence-corrected chi connectivity index (χ1v) is 5.36. The molecule has 1 aromatic carbocycles. The van der Waals surface area contributed by atoms with Gasteiger partial charge in [-0.25, -0.2) is 8.78 Å². The molecule has 1 aromatic rings. The van der Waals surface area contributed by atoms with Gasteiger partial charge in [0.15, 0.2) is 5.78 Å². The van der Waals surface area contributed by atoms with Gasteiger partial charge in [-0.05, 0) is 17.9 Å². The highest BCUT2D eigenvalue weighted by Crippen LogP contribution is 2.11. The van der Waals surface area contributed by atoms with Gasteiger partial charge in [-0.2, -0.15) is 11.8 Å². The lowest BCUT2D eigenvalue weighted by molar-refractivity contribution is 0.102. The minimum Gasteiger partial charge on any atom is -0.293 e. The highest BCUT2D eigenvalue weighted by molar-refractivity contribution is 7.99. The van der Waals surface area contributed by atoms with E-state index in [2.05, 4.69) is 0 Å². The molecular weight excluding hydrogens is 206 g/mol. The van der Waals surface area contributed by atoms with E-state index in [1.165, 1.54) is 11.8 Å². The van der Waals surface area contributed by atoms with E-state index in [4.69, 9.17) is 0 Å². The van der Waals surface area contributed by atoms with Crippen LogP contribution in [0.5, 0.6) is 0 Å². The lowest BCUT2D eigenvalue weighted by Gasteiger charge is -2.00. The Morgan fingerprint density at radius 2 is 1.86 bits per heavy atom. The molecule has 0 heterocycles. The molecule has 76 valence electrons. The number of hydrogen-bond donors (Lipinski definition) is 0. The number of Topliss-reactive ketones (excluding diaryl/α,β-unsaturated/α-hetero) is 1. The molecule has 0 fully saturated rings. The van der Waals surface area contributed by atoms with Crippen molar-refractivity contribution in [1.82, 2.24) is 0 Å². The summed E-state index contributed by atoms with van der Waals surface area (Å²) in [5.74, 6) is -0.594. The maximum atomic E-state index is 12.7. The Labute approximate surface area is 85.5 Å². The van der Waals surface area contributed by atoms with Crippen molar-refractivity contribution < 1.29 is 13.6 Å². The minimum absolute atomic E-state index is 0.100. The maximum absolute atomic E-state index is 12.7. The van der Waals surface area contributed by atoms with Gasteiger partial charge in [0.25, 0.3) is 0 Å². The quantitative estimate of drug-likeness (QED) is 0.720. The van der Waals surface area contributed by atoms with E-state index < -0.39 is 11.6 Å². The fourth-order valence-electron chi connectivity index (χ4n) is 0.993. The van der Waals surface area contributed by atoms with Gasteiger partial charge in [0.05, 0.1) is 5.75 Å². The number of carbonyl (C=O) groups is 1. The van der Waals surface area contributed by atoms with E-state index in [-0.39, 0.29) is 17.1 Å². The maximum Gasteiger partial charge on any atom is 0.172 e. The molecule has 0 radical (unpaired) electrons. The first-order chi connectivity index (χ1) is 6.63. The largest absolute Gasteiger partial charge is 0.293 e. The van der Waals surface area contributed by atoms with Crippen molar-refractivity contribution >= 4 is 17.5 Å². The smallest absolute Gasteiger partial charge is 0.172 e. The molecule has 0 saturated carbocycles. The van der Waals surface area contributed by atoms with Crippen LogP contribution in [0.2, 0.25) is 0 Å². The third-order valence-electron chi connectivity index (χ3n) is 1.62. The molecule has 0 bridgehead atoms. The van der Waals surface area contributed by atoms with Gasteiger partial charge in [-0.15, -0.1) is 0 Å². The Hall–Kier alpha value is -0.900. The zero-order valence-electron chi connectivity index (χ0n) is 7.72. The van der Waals surface area contributed by atoms with E-state index in [9.17, 15) is 13.6 Å². The van der Waals surface area contributed by atoms with Crippen LogP contribution in [0.1, 0.15) is 17.3 Å². The Morgan fingerprint density at radius 1 is 1.29 bits per heavy atom. The first kappa shape index (κ1) is 11.2. The van der Waals surface area contributed by atoms with E-state index in [1.807, 2.05) is 6.92 Å².